The molecule has 94 valence electrons. The minimum Gasteiger partial charge on any atom is -0.444 e. The number of nitrogens with one attached hydrogen (secondary N) is 1. The Kier molecular flexibility index (Phi) is 5.79. The standard InChI is InChI=1S/C11H20ClNO3/c1-7(9(14)6-12)8(2)13-10(15)16-11(3,4)5/h7-8H,6H2,1-5H3,(H,13,15). The van der Waals surface area contributed by atoms with Crippen LogP contribution in [0.25, 0.3) is 0 Å². The van der Waals surface area contributed by atoms with Gasteiger partial charge in [0.25, 0.3) is 0 Å². The monoisotopic (exact) mass is 249 g/mol. The highest BCUT2D eigenvalue weighted by Gasteiger charge is 2.23. The van der Waals surface area contributed by atoms with E-state index in [4.69, 9.17) is 16.3 Å². The van der Waals surface area contributed by atoms with Crippen molar-refractivity contribution in [1.29, 1.82) is 0 Å². The molecule has 0 aliphatic rings. The van der Waals surface area contributed by atoms with Crippen LogP contribution >= 0.6 is 11.6 Å². The molecule has 0 rings (SSSR count). The van der Waals surface area contributed by atoms with Gasteiger partial charge in [-0.3, -0.25) is 4.79 Å². The zero-order chi connectivity index (χ0) is 12.9. The number of hydrogen-bond acceptors (Lipinski definition) is 3. The van der Waals surface area contributed by atoms with Gasteiger partial charge in [0, 0.05) is 12.0 Å². The third-order valence-corrected chi connectivity index (χ3v) is 2.40. The van der Waals surface area contributed by atoms with E-state index in [1.165, 1.54) is 0 Å². The van der Waals surface area contributed by atoms with Crippen LogP contribution in [0.5, 0.6) is 0 Å². The highest BCUT2D eigenvalue weighted by molar-refractivity contribution is 6.27. The van der Waals surface area contributed by atoms with E-state index in [0.29, 0.717) is 0 Å². The lowest BCUT2D eigenvalue weighted by molar-refractivity contribution is -0.120. The van der Waals surface area contributed by atoms with Crippen molar-refractivity contribution < 1.29 is 14.3 Å². The summed E-state index contributed by atoms with van der Waals surface area (Å²) in [5.74, 6) is -0.447. The van der Waals surface area contributed by atoms with Gasteiger partial charge in [0.1, 0.15) is 5.60 Å². The van der Waals surface area contributed by atoms with Gasteiger partial charge in [-0.15, -0.1) is 11.6 Å². The summed E-state index contributed by atoms with van der Waals surface area (Å²) in [6, 6.07) is -0.291. The molecule has 0 radical (unpaired) electrons. The van der Waals surface area contributed by atoms with E-state index in [-0.39, 0.29) is 23.6 Å². The Morgan fingerprint density at radius 1 is 1.31 bits per heavy atom. The summed E-state index contributed by atoms with van der Waals surface area (Å²) in [6.07, 6.45) is -0.519. The van der Waals surface area contributed by atoms with Crippen LogP contribution in [0.15, 0.2) is 0 Å². The minimum atomic E-state index is -0.538. The first-order valence-corrected chi connectivity index (χ1v) is 5.79. The first-order valence-electron chi connectivity index (χ1n) is 5.25. The summed E-state index contributed by atoms with van der Waals surface area (Å²) in [5, 5.41) is 2.61. The Bertz CT molecular complexity index is 260. The van der Waals surface area contributed by atoms with Crippen molar-refractivity contribution in [2.45, 2.75) is 46.3 Å². The van der Waals surface area contributed by atoms with Crippen molar-refractivity contribution in [3.8, 4) is 0 Å². The van der Waals surface area contributed by atoms with E-state index in [1.54, 1.807) is 34.6 Å². The van der Waals surface area contributed by atoms with Crippen LogP contribution in [0.4, 0.5) is 4.79 Å². The summed E-state index contributed by atoms with van der Waals surface area (Å²) in [7, 11) is 0. The average Bonchev–Trinajstić information content (AvgIpc) is 2.12. The van der Waals surface area contributed by atoms with Crippen LogP contribution in [0.3, 0.4) is 0 Å². The van der Waals surface area contributed by atoms with E-state index in [0.717, 1.165) is 0 Å². The lowest BCUT2D eigenvalue weighted by Gasteiger charge is -2.24. The molecule has 0 fully saturated rings. The molecule has 0 aliphatic heterocycles. The number of carbonyl (C=O) groups is 2. The summed E-state index contributed by atoms with van der Waals surface area (Å²) < 4.78 is 5.08. The summed E-state index contributed by atoms with van der Waals surface area (Å²) >= 11 is 5.44. The number of alkyl halides is 1. The first kappa shape index (κ1) is 15.2. The van der Waals surface area contributed by atoms with Gasteiger partial charge in [0.2, 0.25) is 0 Å². The number of carbonyl (C=O) groups excluding carboxylic acids is 2. The fraction of sp³-hybridized carbons (Fsp3) is 0.818. The number of hydrogen-bond donors (Lipinski definition) is 1. The third-order valence-electron chi connectivity index (χ3n) is 2.13. The molecule has 0 spiro atoms. The number of ketones is 1. The maximum Gasteiger partial charge on any atom is 0.407 e. The van der Waals surface area contributed by atoms with Crippen LogP contribution < -0.4 is 5.32 Å². The molecule has 2 atom stereocenters. The second-order valence-electron chi connectivity index (χ2n) is 4.82. The van der Waals surface area contributed by atoms with E-state index >= 15 is 0 Å². The molecule has 1 amide bonds. The number of rotatable bonds is 4. The lowest BCUT2D eigenvalue weighted by Crippen LogP contribution is -2.43. The van der Waals surface area contributed by atoms with E-state index in [9.17, 15) is 9.59 Å². The molecule has 0 heterocycles. The van der Waals surface area contributed by atoms with Gasteiger partial charge in [-0.1, -0.05) is 6.92 Å². The highest BCUT2D eigenvalue weighted by Crippen LogP contribution is 2.09. The number of halogens is 1. The molecule has 0 saturated carbocycles. The Morgan fingerprint density at radius 3 is 2.19 bits per heavy atom. The van der Waals surface area contributed by atoms with Gasteiger partial charge >= 0.3 is 6.09 Å². The number of alkyl carbamates (subject to hydrolysis) is 1. The fourth-order valence-corrected chi connectivity index (χ4v) is 1.26. The molecule has 4 nitrogen and oxygen atoms in total. The first-order chi connectivity index (χ1) is 7.17. The Hall–Kier alpha value is -0.770. The van der Waals surface area contributed by atoms with E-state index in [1.807, 2.05) is 0 Å². The molecule has 1 N–H and O–H groups in total. The zero-order valence-electron chi connectivity index (χ0n) is 10.5. The predicted molar refractivity (Wildman–Crippen MR) is 63.7 cm³/mol. The van der Waals surface area contributed by atoms with Crippen molar-refractivity contribution in [2.24, 2.45) is 5.92 Å². The normalized spacial score (nSPS) is 15.1. The molecule has 2 unspecified atom stereocenters. The van der Waals surface area contributed by atoms with Crippen LogP contribution in [-0.2, 0) is 9.53 Å². The van der Waals surface area contributed by atoms with Gasteiger partial charge in [-0.25, -0.2) is 4.79 Å². The van der Waals surface area contributed by atoms with Gasteiger partial charge in [-0.2, -0.15) is 0 Å². The van der Waals surface area contributed by atoms with Crippen molar-refractivity contribution in [2.75, 3.05) is 5.88 Å². The van der Waals surface area contributed by atoms with Gasteiger partial charge in [0.15, 0.2) is 5.78 Å². The molecule has 0 aliphatic carbocycles. The maximum atomic E-state index is 11.4. The van der Waals surface area contributed by atoms with Crippen molar-refractivity contribution in [3.05, 3.63) is 0 Å². The van der Waals surface area contributed by atoms with E-state index < -0.39 is 11.7 Å². The van der Waals surface area contributed by atoms with Gasteiger partial charge < -0.3 is 10.1 Å². The second kappa shape index (κ2) is 6.09. The van der Waals surface area contributed by atoms with Crippen LogP contribution in [-0.4, -0.2) is 29.4 Å². The number of ether oxygens (including phenoxy) is 1. The van der Waals surface area contributed by atoms with Crippen molar-refractivity contribution in [1.82, 2.24) is 5.32 Å². The lowest BCUT2D eigenvalue weighted by atomic mass is 10.00. The second-order valence-corrected chi connectivity index (χ2v) is 5.09. The molecular weight excluding hydrogens is 230 g/mol. The molecule has 0 aromatic carbocycles. The van der Waals surface area contributed by atoms with E-state index in [2.05, 4.69) is 5.32 Å². The molecular formula is C11H20ClNO3. The minimum absolute atomic E-state index is 0.0402. The molecule has 16 heavy (non-hydrogen) atoms. The average molecular weight is 250 g/mol. The van der Waals surface area contributed by atoms with Crippen molar-refractivity contribution >= 4 is 23.5 Å². The van der Waals surface area contributed by atoms with Gasteiger partial charge in [0.05, 0.1) is 5.88 Å². The van der Waals surface area contributed by atoms with Gasteiger partial charge in [-0.05, 0) is 27.7 Å². The molecule has 0 aromatic heterocycles. The summed E-state index contributed by atoms with van der Waals surface area (Å²) in [6.45, 7) is 8.82. The molecule has 5 heteroatoms. The fourth-order valence-electron chi connectivity index (χ4n) is 1.02. The predicted octanol–water partition coefficient (Wildman–Crippen LogP) is 2.34. The topological polar surface area (TPSA) is 55.4 Å². The quantitative estimate of drug-likeness (QED) is 0.778. The molecule has 0 saturated heterocycles. The Morgan fingerprint density at radius 2 is 1.81 bits per heavy atom. The largest absolute Gasteiger partial charge is 0.444 e. The highest BCUT2D eigenvalue weighted by atomic mass is 35.5. The van der Waals surface area contributed by atoms with Crippen LogP contribution in [0, 0.1) is 5.92 Å². The molecule has 0 bridgehead atoms. The van der Waals surface area contributed by atoms with Crippen molar-refractivity contribution in [3.63, 3.8) is 0 Å². The third kappa shape index (κ3) is 5.95. The smallest absolute Gasteiger partial charge is 0.407 e. The number of amides is 1. The SMILES string of the molecule is CC(NC(=O)OC(C)(C)C)C(C)C(=O)CCl. The maximum absolute atomic E-state index is 11.4. The number of Topliss-reactive ketones (excluding diaryl/α,β-unsaturated/α-hetero) is 1. The Balaban J connectivity index is 4.19. The zero-order valence-corrected chi connectivity index (χ0v) is 11.2. The summed E-state index contributed by atoms with van der Waals surface area (Å²) in [5.41, 5.74) is -0.538. The Labute approximate surface area is 102 Å². The molecule has 0 aromatic rings. The van der Waals surface area contributed by atoms with Crippen LogP contribution in [0.2, 0.25) is 0 Å². The summed E-state index contributed by atoms with van der Waals surface area (Å²) in [4.78, 5) is 22.7. The van der Waals surface area contributed by atoms with Crippen LogP contribution in [0.1, 0.15) is 34.6 Å².